The molecule has 0 saturated heterocycles. The average Bonchev–Trinajstić information content (AvgIpc) is 3.18. The molecule has 57 heavy (non-hydrogen) atoms. The van der Waals surface area contributed by atoms with Gasteiger partial charge in [0.05, 0.1) is 13.2 Å². The SMILES string of the molecule is CCC/C=C\CCCCCCCC(=O)OCC(O)COP(=O)(O)OCC(NC(=O)CCCCCCCCCCCC/C=C\C/C=C\C/C=C\CCCCC)C(=O)O. The highest BCUT2D eigenvalue weighted by atomic mass is 31.2. The molecule has 0 rings (SSSR count). The molecule has 0 aliphatic heterocycles. The van der Waals surface area contributed by atoms with E-state index in [0.717, 1.165) is 89.9 Å². The molecule has 0 aromatic carbocycles. The van der Waals surface area contributed by atoms with Crippen molar-refractivity contribution in [2.24, 2.45) is 0 Å². The minimum atomic E-state index is -4.76. The van der Waals surface area contributed by atoms with E-state index in [4.69, 9.17) is 13.8 Å². The predicted molar refractivity (Wildman–Crippen MR) is 231 cm³/mol. The second-order valence-corrected chi connectivity index (χ2v) is 16.3. The molecule has 0 aromatic heterocycles. The van der Waals surface area contributed by atoms with Crippen LogP contribution in [0.4, 0.5) is 0 Å². The molecule has 0 radical (unpaired) electrons. The number of ether oxygens (including phenoxy) is 1. The van der Waals surface area contributed by atoms with Gasteiger partial charge in [-0.15, -0.1) is 0 Å². The molecule has 0 bridgehead atoms. The number of carboxylic acid groups (broad SMARTS) is 1. The summed E-state index contributed by atoms with van der Waals surface area (Å²) in [6.45, 7) is 2.48. The summed E-state index contributed by atoms with van der Waals surface area (Å²) < 4.78 is 26.8. The maximum atomic E-state index is 12.3. The molecule has 330 valence electrons. The first-order valence-electron chi connectivity index (χ1n) is 22.2. The number of hydrogen-bond acceptors (Lipinski definition) is 8. The van der Waals surface area contributed by atoms with Crippen molar-refractivity contribution in [2.45, 2.75) is 199 Å². The predicted octanol–water partition coefficient (Wildman–Crippen LogP) is 11.4. The van der Waals surface area contributed by atoms with Crippen molar-refractivity contribution in [3.63, 3.8) is 0 Å². The Morgan fingerprint density at radius 1 is 0.561 bits per heavy atom. The zero-order valence-corrected chi connectivity index (χ0v) is 36.5. The first-order valence-corrected chi connectivity index (χ1v) is 23.7. The zero-order valence-electron chi connectivity index (χ0n) is 35.6. The minimum Gasteiger partial charge on any atom is -0.480 e. The average molecular weight is 826 g/mol. The van der Waals surface area contributed by atoms with Crippen molar-refractivity contribution >= 4 is 25.7 Å². The first kappa shape index (κ1) is 54.4. The molecule has 3 unspecified atom stereocenters. The van der Waals surface area contributed by atoms with E-state index in [1.165, 1.54) is 57.8 Å². The number of aliphatic hydroxyl groups is 1. The van der Waals surface area contributed by atoms with Gasteiger partial charge in [-0.2, -0.15) is 0 Å². The Morgan fingerprint density at radius 2 is 1.00 bits per heavy atom. The largest absolute Gasteiger partial charge is 0.480 e. The highest BCUT2D eigenvalue weighted by Gasteiger charge is 2.28. The van der Waals surface area contributed by atoms with Crippen LogP contribution in [0.2, 0.25) is 0 Å². The normalized spacial score (nSPS) is 14.2. The third-order valence-corrected chi connectivity index (χ3v) is 10.3. The van der Waals surface area contributed by atoms with Gasteiger partial charge >= 0.3 is 19.8 Å². The molecule has 12 heteroatoms. The highest BCUT2D eigenvalue weighted by Crippen LogP contribution is 2.43. The number of amides is 1. The lowest BCUT2D eigenvalue weighted by Gasteiger charge is -2.18. The molecular formula is C45H80NO10P. The van der Waals surface area contributed by atoms with Crippen LogP contribution in [0.3, 0.4) is 0 Å². The molecule has 4 N–H and O–H groups in total. The summed E-state index contributed by atoms with van der Waals surface area (Å²) in [6, 6.07) is -1.55. The van der Waals surface area contributed by atoms with Crippen LogP contribution in [0.5, 0.6) is 0 Å². The number of rotatable bonds is 41. The smallest absolute Gasteiger partial charge is 0.472 e. The lowest BCUT2D eigenvalue weighted by molar-refractivity contribution is -0.147. The molecule has 0 saturated carbocycles. The second-order valence-electron chi connectivity index (χ2n) is 14.9. The van der Waals surface area contributed by atoms with Crippen LogP contribution in [0, 0.1) is 0 Å². The quantitative estimate of drug-likeness (QED) is 0.0201. The fourth-order valence-electron chi connectivity index (χ4n) is 5.85. The number of phosphoric ester groups is 1. The summed E-state index contributed by atoms with van der Waals surface area (Å²) in [5.41, 5.74) is 0. The van der Waals surface area contributed by atoms with Gasteiger partial charge in [-0.1, -0.05) is 152 Å². The van der Waals surface area contributed by atoms with Gasteiger partial charge in [0.15, 0.2) is 6.04 Å². The summed E-state index contributed by atoms with van der Waals surface area (Å²) in [7, 11) is -4.76. The van der Waals surface area contributed by atoms with E-state index in [1.54, 1.807) is 0 Å². The highest BCUT2D eigenvalue weighted by molar-refractivity contribution is 7.47. The van der Waals surface area contributed by atoms with Gasteiger partial charge in [-0.3, -0.25) is 18.6 Å². The van der Waals surface area contributed by atoms with E-state index in [0.29, 0.717) is 12.8 Å². The summed E-state index contributed by atoms with van der Waals surface area (Å²) in [4.78, 5) is 45.8. The summed E-state index contributed by atoms with van der Waals surface area (Å²) in [5.74, 6) is -2.39. The molecule has 0 aliphatic carbocycles. The third kappa shape index (κ3) is 40.0. The number of carboxylic acids is 1. The maximum Gasteiger partial charge on any atom is 0.472 e. The van der Waals surface area contributed by atoms with Crippen molar-refractivity contribution in [1.29, 1.82) is 0 Å². The maximum absolute atomic E-state index is 12.3. The number of allylic oxidation sites excluding steroid dienone is 8. The van der Waals surface area contributed by atoms with Gasteiger partial charge in [-0.05, 0) is 70.6 Å². The monoisotopic (exact) mass is 826 g/mol. The Hall–Kier alpha value is -2.56. The van der Waals surface area contributed by atoms with E-state index < -0.39 is 57.6 Å². The van der Waals surface area contributed by atoms with Crippen LogP contribution in [-0.2, 0) is 32.7 Å². The van der Waals surface area contributed by atoms with E-state index in [2.05, 4.69) is 67.8 Å². The minimum absolute atomic E-state index is 0.139. The molecule has 11 nitrogen and oxygen atoms in total. The number of aliphatic hydroxyl groups excluding tert-OH is 1. The molecule has 1 amide bonds. The topological polar surface area (TPSA) is 169 Å². The molecule has 3 atom stereocenters. The number of carbonyl (C=O) groups excluding carboxylic acids is 2. The Morgan fingerprint density at radius 3 is 1.53 bits per heavy atom. The van der Waals surface area contributed by atoms with Crippen molar-refractivity contribution < 1.29 is 47.8 Å². The number of hydrogen-bond donors (Lipinski definition) is 4. The van der Waals surface area contributed by atoms with Crippen LogP contribution in [0.15, 0.2) is 48.6 Å². The Kier molecular flexibility index (Phi) is 38.4. The van der Waals surface area contributed by atoms with Crippen LogP contribution in [0.25, 0.3) is 0 Å². The summed E-state index contributed by atoms with van der Waals surface area (Å²) in [6.07, 6.45) is 44.3. The van der Waals surface area contributed by atoms with E-state index in [-0.39, 0.29) is 12.8 Å². The van der Waals surface area contributed by atoms with Gasteiger partial charge in [-0.25, -0.2) is 9.36 Å². The van der Waals surface area contributed by atoms with Gasteiger partial charge in [0.25, 0.3) is 0 Å². The summed E-state index contributed by atoms with van der Waals surface area (Å²) in [5, 5.41) is 21.8. The van der Waals surface area contributed by atoms with Crippen molar-refractivity contribution in [2.75, 3.05) is 19.8 Å². The zero-order chi connectivity index (χ0) is 42.1. The molecule has 0 fully saturated rings. The second kappa shape index (κ2) is 40.2. The fraction of sp³-hybridized carbons (Fsp3) is 0.756. The standard InChI is InChI=1S/C45H80NO10P/c1-3-5-7-9-11-13-15-16-17-18-19-20-21-22-23-24-25-26-27-28-30-32-34-36-43(48)46-42(45(50)51)40-56-57(52,53)55-39-41(47)38-54-44(49)37-35-33-31-29-14-12-10-8-6-4-2/h8,10-11,13,16-17,19-20,41-42,47H,3-7,9,12,14-15,18,21-40H2,1-2H3,(H,46,48)(H,50,51)(H,52,53)/b10-8-,13-11-,17-16-,20-19-. The Balaban J connectivity index is 3.88. The fourth-order valence-corrected chi connectivity index (χ4v) is 6.63. The number of unbranched alkanes of at least 4 members (excludes halogenated alkanes) is 19. The molecular weight excluding hydrogens is 745 g/mol. The number of carbonyl (C=O) groups is 3. The lowest BCUT2D eigenvalue weighted by atomic mass is 10.0. The third-order valence-electron chi connectivity index (χ3n) is 9.32. The van der Waals surface area contributed by atoms with Crippen LogP contribution >= 0.6 is 7.82 Å². The van der Waals surface area contributed by atoms with Crippen LogP contribution in [-0.4, -0.2) is 64.9 Å². The van der Waals surface area contributed by atoms with Crippen molar-refractivity contribution in [3.8, 4) is 0 Å². The van der Waals surface area contributed by atoms with Crippen LogP contribution < -0.4 is 5.32 Å². The molecule has 0 aromatic rings. The van der Waals surface area contributed by atoms with Gasteiger partial charge in [0.1, 0.15) is 12.7 Å². The lowest BCUT2D eigenvalue weighted by Crippen LogP contribution is -2.43. The van der Waals surface area contributed by atoms with Crippen molar-refractivity contribution in [1.82, 2.24) is 5.32 Å². The van der Waals surface area contributed by atoms with E-state index in [1.807, 2.05) is 0 Å². The Bertz CT molecular complexity index is 1150. The molecule has 0 heterocycles. The molecule has 0 spiro atoms. The van der Waals surface area contributed by atoms with Gasteiger partial charge in [0, 0.05) is 12.8 Å². The Labute approximate surface area is 345 Å². The number of esters is 1. The van der Waals surface area contributed by atoms with E-state index in [9.17, 15) is 34.1 Å². The van der Waals surface area contributed by atoms with Gasteiger partial charge < -0.3 is 25.2 Å². The van der Waals surface area contributed by atoms with Crippen molar-refractivity contribution in [3.05, 3.63) is 48.6 Å². The summed E-state index contributed by atoms with van der Waals surface area (Å²) >= 11 is 0. The van der Waals surface area contributed by atoms with Crippen LogP contribution in [0.1, 0.15) is 187 Å². The molecule has 0 aliphatic rings. The van der Waals surface area contributed by atoms with Gasteiger partial charge in [0.2, 0.25) is 5.91 Å². The van der Waals surface area contributed by atoms with E-state index >= 15 is 0 Å². The number of aliphatic carboxylic acids is 1. The first-order chi connectivity index (χ1) is 27.6. The number of nitrogens with one attached hydrogen (secondary N) is 1. The number of phosphoric acid groups is 1.